The van der Waals surface area contributed by atoms with Gasteiger partial charge in [0.15, 0.2) is 18.1 Å². The van der Waals surface area contributed by atoms with Crippen LogP contribution in [0.15, 0.2) is 48.0 Å². The van der Waals surface area contributed by atoms with E-state index in [0.717, 1.165) is 0 Å². The van der Waals surface area contributed by atoms with E-state index < -0.39 is 75.9 Å². The number of aliphatic hydroxyl groups is 2. The smallest absolute Gasteiger partial charge is 0.386 e. The first-order chi connectivity index (χ1) is 20.9. The lowest BCUT2D eigenvalue weighted by molar-refractivity contribution is -0.0578. The van der Waals surface area contributed by atoms with Gasteiger partial charge in [-0.3, -0.25) is 36.4 Å². The third kappa shape index (κ3) is 5.32. The summed E-state index contributed by atoms with van der Waals surface area (Å²) in [6.07, 6.45) is -3.64. The third-order valence-corrected chi connectivity index (χ3v) is 10.7. The highest BCUT2D eigenvalue weighted by Crippen LogP contribution is 2.60. The first-order valence-corrected chi connectivity index (χ1v) is 18.4. The molecule has 10 atom stereocenters. The van der Waals surface area contributed by atoms with Crippen LogP contribution in [-0.4, -0.2) is 88.5 Å². The molecule has 3 aliphatic heterocycles. The molecular weight excluding hydrogens is 664 g/mol. The highest BCUT2D eigenvalue weighted by Gasteiger charge is 2.53. The Kier molecular flexibility index (Phi) is 7.71. The van der Waals surface area contributed by atoms with Gasteiger partial charge < -0.3 is 25.4 Å². The second kappa shape index (κ2) is 11.2. The van der Waals surface area contributed by atoms with E-state index in [4.69, 9.17) is 33.3 Å². The summed E-state index contributed by atoms with van der Waals surface area (Å²) in [5.74, 6) is 0.134. The first kappa shape index (κ1) is 30.3. The number of thiol groups is 2. The second-order valence-corrected chi connectivity index (χ2v) is 15.9. The van der Waals surface area contributed by atoms with Crippen LogP contribution in [0.3, 0.4) is 0 Å². The van der Waals surface area contributed by atoms with Crippen molar-refractivity contribution in [3.8, 4) is 0 Å². The Balaban J connectivity index is 1.21. The lowest BCUT2D eigenvalue weighted by Gasteiger charge is -2.27. The second-order valence-electron chi connectivity index (χ2n) is 10.2. The average molecular weight is 690 g/mol. The Morgan fingerprint density at radius 1 is 0.864 bits per heavy atom. The summed E-state index contributed by atoms with van der Waals surface area (Å²) >= 11 is 8.17. The molecule has 2 bridgehead atoms. The van der Waals surface area contributed by atoms with E-state index in [1.165, 1.54) is 50.7 Å². The molecule has 0 spiro atoms. The molecule has 0 aliphatic carbocycles. The topological polar surface area (TPSA) is 226 Å². The molecule has 4 aromatic heterocycles. The molecule has 3 saturated heterocycles. The van der Waals surface area contributed by atoms with Crippen molar-refractivity contribution in [3.63, 3.8) is 0 Å². The highest BCUT2D eigenvalue weighted by molar-refractivity contribution is 8.44. The molecular formula is C22H25N7O11P2S2. The van der Waals surface area contributed by atoms with Gasteiger partial charge in [-0.15, -0.1) is 0 Å². The standard InChI is InChI=1S/C22H25N7O11P2S2/c23-10-1-3-24-19-14(10)26-9-29(19)20-16(32)17-12(38-20)8-36-42(34,44)40-18-15(31)11(7-35-41(33,43)39-17)37-21(18)28-5-2-13(30)27-6-4-25-22(27)28/h1-6,9,11-12,15-18,20-21,31-32H,7-8H2,(H2,23,24)(H,33,43)(H,34,44)/t11-,12-,15-,16-,17-,18-,20-,21-,41-,42-/m1/s1. The predicted molar refractivity (Wildman–Crippen MR) is 156 cm³/mol. The molecule has 0 saturated carbocycles. The van der Waals surface area contributed by atoms with Gasteiger partial charge in [0.25, 0.3) is 5.56 Å². The van der Waals surface area contributed by atoms with E-state index in [2.05, 4.69) is 39.4 Å². The van der Waals surface area contributed by atoms with Crippen molar-refractivity contribution in [2.75, 3.05) is 18.9 Å². The molecule has 0 amide bonds. The van der Waals surface area contributed by atoms with Crippen molar-refractivity contribution in [2.45, 2.75) is 49.1 Å². The van der Waals surface area contributed by atoms with Crippen LogP contribution in [0.2, 0.25) is 0 Å². The quantitative estimate of drug-likeness (QED) is 0.146. The van der Waals surface area contributed by atoms with Gasteiger partial charge in [-0.2, -0.15) is 0 Å². The normalized spacial score (nSPS) is 38.3. The van der Waals surface area contributed by atoms with Gasteiger partial charge in [0, 0.05) is 30.9 Å². The molecule has 7 heterocycles. The molecule has 0 radical (unpaired) electrons. The number of hydrogen-bond donors (Lipinski definition) is 5. The van der Waals surface area contributed by atoms with Crippen molar-refractivity contribution in [1.29, 1.82) is 0 Å². The summed E-state index contributed by atoms with van der Waals surface area (Å²) in [6.45, 7) is -9.68. The van der Waals surface area contributed by atoms with Crippen LogP contribution in [0.5, 0.6) is 0 Å². The molecule has 0 unspecified atom stereocenters. The lowest BCUT2D eigenvalue weighted by atomic mass is 10.1. The zero-order valence-corrected chi connectivity index (χ0v) is 25.8. The molecule has 3 aliphatic rings. The van der Waals surface area contributed by atoms with Crippen molar-refractivity contribution in [2.24, 2.45) is 0 Å². The number of nitrogens with two attached hydrogens (primary N) is 1. The van der Waals surface area contributed by atoms with Gasteiger partial charge >= 0.3 is 13.6 Å². The average Bonchev–Trinajstić information content (AvgIpc) is 3.75. The highest BCUT2D eigenvalue weighted by atomic mass is 32.7. The number of nitrogens with zero attached hydrogens (tertiary/aromatic N) is 6. The Labute approximate surface area is 257 Å². The number of rotatable bonds is 2. The maximum Gasteiger partial charge on any atom is 0.386 e. The molecule has 44 heavy (non-hydrogen) atoms. The van der Waals surface area contributed by atoms with E-state index in [0.29, 0.717) is 16.9 Å². The van der Waals surface area contributed by atoms with E-state index >= 15 is 0 Å². The Morgan fingerprint density at radius 3 is 2.34 bits per heavy atom. The van der Waals surface area contributed by atoms with Crippen LogP contribution >= 0.6 is 38.1 Å². The summed E-state index contributed by atoms with van der Waals surface area (Å²) in [5, 5.41) is 22.4. The SMILES string of the molecule is Nc1ccnc2c1ncn2[C@@H]1O[C@@H]2CO[P@@](=O)(S)O[C@@H]3[C@H](O)[C@@H](CO[P@@](=O)(S)O[C@H]2[C@H]1O)O[C@H]3n1ccc(=O)n2ccnc12. The number of nitrogen functional groups attached to an aromatic ring is 1. The lowest BCUT2D eigenvalue weighted by Crippen LogP contribution is -2.36. The predicted octanol–water partition coefficient (Wildman–Crippen LogP) is 0.933. The summed E-state index contributed by atoms with van der Waals surface area (Å²) < 4.78 is 65.3. The van der Waals surface area contributed by atoms with E-state index in [1.54, 1.807) is 6.07 Å². The Bertz CT molecular complexity index is 1890. The van der Waals surface area contributed by atoms with E-state index in [1.807, 2.05) is 0 Å². The molecule has 0 aromatic carbocycles. The number of pyridine rings is 1. The molecule has 7 rings (SSSR count). The summed E-state index contributed by atoms with van der Waals surface area (Å²) in [6, 6.07) is 2.80. The van der Waals surface area contributed by atoms with Crippen molar-refractivity contribution >= 4 is 60.7 Å². The van der Waals surface area contributed by atoms with Gasteiger partial charge in [-0.25, -0.2) is 24.1 Å². The minimum atomic E-state index is -4.32. The van der Waals surface area contributed by atoms with Crippen LogP contribution in [0.25, 0.3) is 16.9 Å². The van der Waals surface area contributed by atoms with Crippen LogP contribution < -0.4 is 11.3 Å². The zero-order chi connectivity index (χ0) is 31.0. The van der Waals surface area contributed by atoms with Gasteiger partial charge in [0.05, 0.1) is 25.2 Å². The molecule has 22 heteroatoms. The number of aromatic nitrogens is 6. The fourth-order valence-electron chi connectivity index (χ4n) is 5.40. The summed E-state index contributed by atoms with van der Waals surface area (Å²) in [7, 11) is 0. The van der Waals surface area contributed by atoms with Gasteiger partial charge in [0.1, 0.15) is 42.1 Å². The fourth-order valence-corrected chi connectivity index (χ4v) is 8.35. The molecule has 3 fully saturated rings. The Hall–Kier alpha value is -2.32. The number of anilines is 1. The Morgan fingerprint density at radius 2 is 1.57 bits per heavy atom. The molecule has 18 nitrogen and oxygen atoms in total. The first-order valence-electron chi connectivity index (χ1n) is 13.0. The third-order valence-electron chi connectivity index (χ3n) is 7.44. The van der Waals surface area contributed by atoms with Crippen molar-refractivity contribution in [3.05, 3.63) is 53.6 Å². The molecule has 4 N–H and O–H groups in total. The van der Waals surface area contributed by atoms with Crippen LogP contribution in [0.4, 0.5) is 5.69 Å². The number of imidazole rings is 2. The monoisotopic (exact) mass is 689 g/mol. The maximum absolute atomic E-state index is 13.5. The number of aliphatic hydroxyl groups excluding tert-OH is 2. The summed E-state index contributed by atoms with van der Waals surface area (Å²) in [4.78, 5) is 24.9. The van der Waals surface area contributed by atoms with Crippen LogP contribution in [-0.2, 0) is 36.7 Å². The fraction of sp³-hybridized carbons (Fsp3) is 0.455. The molecule has 236 valence electrons. The van der Waals surface area contributed by atoms with Crippen molar-refractivity contribution < 1.29 is 46.9 Å². The van der Waals surface area contributed by atoms with E-state index in [9.17, 15) is 24.1 Å². The summed E-state index contributed by atoms with van der Waals surface area (Å²) in [5.41, 5.74) is 6.61. The van der Waals surface area contributed by atoms with Gasteiger partial charge in [0.2, 0.25) is 5.78 Å². The van der Waals surface area contributed by atoms with Crippen LogP contribution in [0, 0.1) is 0 Å². The van der Waals surface area contributed by atoms with Crippen LogP contribution in [0.1, 0.15) is 12.5 Å². The minimum absolute atomic E-state index is 0.134. The van der Waals surface area contributed by atoms with Gasteiger partial charge in [-0.05, 0) is 6.07 Å². The van der Waals surface area contributed by atoms with Crippen molar-refractivity contribution in [1.82, 2.24) is 28.5 Å². The molecule has 4 aromatic rings. The van der Waals surface area contributed by atoms with Gasteiger partial charge in [-0.1, -0.05) is 24.5 Å². The number of ether oxygens (including phenoxy) is 2. The maximum atomic E-state index is 13.5. The number of hydrogen-bond acceptors (Lipinski definition) is 15. The largest absolute Gasteiger partial charge is 0.397 e. The number of fused-ring (bicyclic) bond motifs is 5. The van der Waals surface area contributed by atoms with E-state index in [-0.39, 0.29) is 11.3 Å². The minimum Gasteiger partial charge on any atom is -0.397 e. The zero-order valence-electron chi connectivity index (χ0n) is 22.2.